The van der Waals surface area contributed by atoms with E-state index < -0.39 is 6.04 Å². The first-order chi connectivity index (χ1) is 17.5. The minimum Gasteiger partial charge on any atom is -0.497 e. The van der Waals surface area contributed by atoms with Gasteiger partial charge in [0.15, 0.2) is 0 Å². The highest BCUT2D eigenvalue weighted by Crippen LogP contribution is 2.20. The molecule has 6 nitrogen and oxygen atoms in total. The molecular weight excluding hydrogens is 476 g/mol. The van der Waals surface area contributed by atoms with Gasteiger partial charge in [-0.3, -0.25) is 9.59 Å². The van der Waals surface area contributed by atoms with Crippen LogP contribution in [0.15, 0.2) is 78.9 Å². The Bertz CT molecular complexity index is 1110. The van der Waals surface area contributed by atoms with E-state index in [-0.39, 0.29) is 24.8 Å². The van der Waals surface area contributed by atoms with Crippen molar-refractivity contribution >= 4 is 23.4 Å². The molecule has 3 aromatic rings. The first-order valence-electron chi connectivity index (χ1n) is 12.1. The maximum absolute atomic E-state index is 13.5. The highest BCUT2D eigenvalue weighted by molar-refractivity contribution is 6.30. The lowest BCUT2D eigenvalue weighted by Crippen LogP contribution is -2.50. The summed E-state index contributed by atoms with van der Waals surface area (Å²) in [5.41, 5.74) is 1.85. The van der Waals surface area contributed by atoms with E-state index in [0.29, 0.717) is 36.8 Å². The molecule has 1 N–H and O–H groups in total. The van der Waals surface area contributed by atoms with Crippen LogP contribution in [0.4, 0.5) is 0 Å². The molecule has 0 heterocycles. The van der Waals surface area contributed by atoms with Gasteiger partial charge in [-0.1, -0.05) is 54.1 Å². The molecule has 190 valence electrons. The monoisotopic (exact) mass is 508 g/mol. The molecule has 36 heavy (non-hydrogen) atoms. The SMILES string of the molecule is CCNC(=O)[C@@H](Cc1ccccc1)N(Cc1cccc(Cl)c1)C(=O)CCCOc1ccc(OC)cc1. The quantitative estimate of drug-likeness (QED) is 0.319. The molecule has 0 saturated heterocycles. The average Bonchev–Trinajstić information content (AvgIpc) is 2.89. The standard InChI is InChI=1S/C29H33ClN2O4/c1-3-31-29(34)27(20-22-9-5-4-6-10-22)32(21-23-11-7-12-24(30)19-23)28(33)13-8-18-36-26-16-14-25(35-2)15-17-26/h4-7,9-12,14-17,19,27H,3,8,13,18,20-21H2,1-2H3,(H,31,34)/t27-/m1/s1. The Kier molecular flexibility index (Phi) is 10.6. The fourth-order valence-electron chi connectivity index (χ4n) is 3.91. The summed E-state index contributed by atoms with van der Waals surface area (Å²) in [5.74, 6) is 1.18. The number of nitrogens with one attached hydrogen (secondary N) is 1. The summed E-state index contributed by atoms with van der Waals surface area (Å²) in [6.07, 6.45) is 1.19. The van der Waals surface area contributed by atoms with Crippen molar-refractivity contribution in [2.75, 3.05) is 20.3 Å². The molecular formula is C29H33ClN2O4. The molecule has 2 amide bonds. The zero-order valence-electron chi connectivity index (χ0n) is 20.8. The highest BCUT2D eigenvalue weighted by Gasteiger charge is 2.29. The third kappa shape index (κ3) is 8.31. The fraction of sp³-hybridized carbons (Fsp3) is 0.310. The lowest BCUT2D eigenvalue weighted by atomic mass is 10.0. The Labute approximate surface area is 218 Å². The van der Waals surface area contributed by atoms with E-state index in [0.717, 1.165) is 16.9 Å². The molecule has 1 atom stereocenters. The number of carbonyl (C=O) groups excluding carboxylic acids is 2. The van der Waals surface area contributed by atoms with Crippen LogP contribution in [0, 0.1) is 0 Å². The van der Waals surface area contributed by atoms with Crippen LogP contribution in [0.3, 0.4) is 0 Å². The molecule has 3 rings (SSSR count). The molecule has 3 aromatic carbocycles. The predicted octanol–water partition coefficient (Wildman–Crippen LogP) is 5.28. The zero-order chi connectivity index (χ0) is 25.8. The lowest BCUT2D eigenvalue weighted by molar-refractivity contribution is -0.141. The van der Waals surface area contributed by atoms with Crippen LogP contribution in [0.25, 0.3) is 0 Å². The predicted molar refractivity (Wildman–Crippen MR) is 142 cm³/mol. The van der Waals surface area contributed by atoms with Gasteiger partial charge < -0.3 is 19.7 Å². The summed E-state index contributed by atoms with van der Waals surface area (Å²) in [5, 5.41) is 3.49. The molecule has 0 radical (unpaired) electrons. The van der Waals surface area contributed by atoms with Crippen molar-refractivity contribution in [1.29, 1.82) is 0 Å². The van der Waals surface area contributed by atoms with Crippen LogP contribution >= 0.6 is 11.6 Å². The largest absolute Gasteiger partial charge is 0.497 e. The summed E-state index contributed by atoms with van der Waals surface area (Å²) in [6, 6.07) is 23.8. The van der Waals surface area contributed by atoms with E-state index in [4.69, 9.17) is 21.1 Å². The first-order valence-corrected chi connectivity index (χ1v) is 12.5. The Morgan fingerprint density at radius 2 is 1.64 bits per heavy atom. The van der Waals surface area contributed by atoms with Gasteiger partial charge in [0.2, 0.25) is 11.8 Å². The van der Waals surface area contributed by atoms with Gasteiger partial charge in [-0.25, -0.2) is 0 Å². The van der Waals surface area contributed by atoms with Gasteiger partial charge in [0.05, 0.1) is 13.7 Å². The molecule has 0 aliphatic heterocycles. The fourth-order valence-corrected chi connectivity index (χ4v) is 4.12. The van der Waals surface area contributed by atoms with E-state index in [9.17, 15) is 9.59 Å². The third-order valence-corrected chi connectivity index (χ3v) is 5.96. The number of ether oxygens (including phenoxy) is 2. The van der Waals surface area contributed by atoms with Crippen LogP contribution in [-0.4, -0.2) is 43.0 Å². The molecule has 0 saturated carbocycles. The maximum atomic E-state index is 13.5. The smallest absolute Gasteiger partial charge is 0.243 e. The van der Waals surface area contributed by atoms with Gasteiger partial charge in [0.1, 0.15) is 17.5 Å². The van der Waals surface area contributed by atoms with Crippen LogP contribution in [0.5, 0.6) is 11.5 Å². The van der Waals surface area contributed by atoms with Crippen LogP contribution < -0.4 is 14.8 Å². The minimum atomic E-state index is -0.652. The van der Waals surface area contributed by atoms with E-state index in [1.165, 1.54) is 0 Å². The van der Waals surface area contributed by atoms with Crippen LogP contribution in [-0.2, 0) is 22.6 Å². The van der Waals surface area contributed by atoms with E-state index in [1.807, 2.05) is 79.7 Å². The number of carbonyl (C=O) groups is 2. The number of methoxy groups -OCH3 is 1. The molecule has 0 unspecified atom stereocenters. The molecule has 0 spiro atoms. The minimum absolute atomic E-state index is 0.111. The summed E-state index contributed by atoms with van der Waals surface area (Å²) >= 11 is 6.20. The Balaban J connectivity index is 1.74. The number of hydrogen-bond donors (Lipinski definition) is 1. The Hall–Kier alpha value is -3.51. The molecule has 0 aliphatic carbocycles. The Morgan fingerprint density at radius 3 is 2.31 bits per heavy atom. The second-order valence-electron chi connectivity index (χ2n) is 8.38. The number of rotatable bonds is 13. The van der Waals surface area contributed by atoms with E-state index in [1.54, 1.807) is 18.1 Å². The van der Waals surface area contributed by atoms with Crippen LogP contribution in [0.2, 0.25) is 5.02 Å². The van der Waals surface area contributed by atoms with Crippen molar-refractivity contribution < 1.29 is 19.1 Å². The van der Waals surface area contributed by atoms with E-state index >= 15 is 0 Å². The first kappa shape index (κ1) is 27.1. The zero-order valence-corrected chi connectivity index (χ0v) is 21.5. The second kappa shape index (κ2) is 14.1. The Morgan fingerprint density at radius 1 is 0.944 bits per heavy atom. The van der Waals surface area contributed by atoms with E-state index in [2.05, 4.69) is 5.32 Å². The van der Waals surface area contributed by atoms with Gasteiger partial charge in [-0.05, 0) is 60.9 Å². The molecule has 0 aromatic heterocycles. The highest BCUT2D eigenvalue weighted by atomic mass is 35.5. The lowest BCUT2D eigenvalue weighted by Gasteiger charge is -2.31. The van der Waals surface area contributed by atoms with Gasteiger partial charge in [0, 0.05) is 31.0 Å². The second-order valence-corrected chi connectivity index (χ2v) is 8.82. The summed E-state index contributed by atoms with van der Waals surface area (Å²) in [7, 11) is 1.61. The third-order valence-electron chi connectivity index (χ3n) is 5.73. The molecule has 7 heteroatoms. The number of halogens is 1. The number of hydrogen-bond acceptors (Lipinski definition) is 4. The topological polar surface area (TPSA) is 67.9 Å². The molecule has 0 bridgehead atoms. The number of likely N-dealkylation sites (N-methyl/N-ethyl adjacent to an activating group) is 1. The van der Waals surface area contributed by atoms with Crippen molar-refractivity contribution in [3.8, 4) is 11.5 Å². The van der Waals surface area contributed by atoms with Crippen molar-refractivity contribution in [2.45, 2.75) is 38.8 Å². The number of benzene rings is 3. The summed E-state index contributed by atoms with van der Waals surface area (Å²) in [4.78, 5) is 28.3. The van der Waals surface area contributed by atoms with Gasteiger partial charge in [-0.2, -0.15) is 0 Å². The van der Waals surface area contributed by atoms with Crippen molar-refractivity contribution in [2.24, 2.45) is 0 Å². The van der Waals surface area contributed by atoms with Crippen LogP contribution in [0.1, 0.15) is 30.9 Å². The van der Waals surface area contributed by atoms with Gasteiger partial charge >= 0.3 is 0 Å². The normalized spacial score (nSPS) is 11.4. The molecule has 0 aliphatic rings. The number of amides is 2. The average molecular weight is 509 g/mol. The number of nitrogens with zero attached hydrogens (tertiary/aromatic N) is 1. The maximum Gasteiger partial charge on any atom is 0.243 e. The molecule has 0 fully saturated rings. The van der Waals surface area contributed by atoms with Gasteiger partial charge in [0.25, 0.3) is 0 Å². The van der Waals surface area contributed by atoms with Crippen molar-refractivity contribution in [1.82, 2.24) is 10.2 Å². The van der Waals surface area contributed by atoms with Crippen molar-refractivity contribution in [3.05, 3.63) is 95.0 Å². The van der Waals surface area contributed by atoms with Crippen molar-refractivity contribution in [3.63, 3.8) is 0 Å². The van der Waals surface area contributed by atoms with Gasteiger partial charge in [-0.15, -0.1) is 0 Å². The summed E-state index contributed by atoms with van der Waals surface area (Å²) in [6.45, 7) is 3.02. The summed E-state index contributed by atoms with van der Waals surface area (Å²) < 4.78 is 11.0.